The number of nitrogens with zero attached hydrogens (tertiary/aromatic N) is 3. The van der Waals surface area contributed by atoms with E-state index in [1.54, 1.807) is 0 Å². The lowest BCUT2D eigenvalue weighted by Gasteiger charge is -2.17. The van der Waals surface area contributed by atoms with Crippen LogP contribution in [0.25, 0.3) is 10.2 Å². The lowest BCUT2D eigenvalue weighted by Crippen LogP contribution is -2.40. The first kappa shape index (κ1) is 22.6. The zero-order chi connectivity index (χ0) is 22.4. The minimum absolute atomic E-state index is 0.237. The molecule has 0 aromatic carbocycles. The van der Waals surface area contributed by atoms with Crippen molar-refractivity contribution in [1.82, 2.24) is 19.4 Å². The van der Waals surface area contributed by atoms with Gasteiger partial charge in [-0.1, -0.05) is 0 Å². The maximum atomic E-state index is 13.9. The van der Waals surface area contributed by atoms with Crippen molar-refractivity contribution in [1.29, 1.82) is 0 Å². The Balaban J connectivity index is 2.30. The largest absolute Gasteiger partial charge is 0.418 e. The molecule has 1 N–H and O–H groups in total. The van der Waals surface area contributed by atoms with Gasteiger partial charge in [-0.2, -0.15) is 26.3 Å². The van der Waals surface area contributed by atoms with Crippen LogP contribution in [0.3, 0.4) is 0 Å². The highest BCUT2D eigenvalue weighted by molar-refractivity contribution is 7.80. The number of thiophene rings is 1. The van der Waals surface area contributed by atoms with E-state index in [-0.39, 0.29) is 23.1 Å². The van der Waals surface area contributed by atoms with Crippen molar-refractivity contribution in [3.63, 3.8) is 0 Å². The summed E-state index contributed by atoms with van der Waals surface area (Å²) in [5.74, 6) is 0. The summed E-state index contributed by atoms with van der Waals surface area (Å²) in [5, 5.41) is 2.25. The lowest BCUT2D eigenvalue weighted by molar-refractivity contribution is -0.138. The van der Waals surface area contributed by atoms with E-state index in [4.69, 9.17) is 12.2 Å². The summed E-state index contributed by atoms with van der Waals surface area (Å²) < 4.78 is 81.1. The van der Waals surface area contributed by atoms with Gasteiger partial charge in [0.15, 0.2) is 5.11 Å². The highest BCUT2D eigenvalue weighted by atomic mass is 32.1. The minimum Gasteiger partial charge on any atom is -0.361 e. The van der Waals surface area contributed by atoms with Gasteiger partial charge in [0.1, 0.15) is 4.83 Å². The average molecular weight is 474 g/mol. The van der Waals surface area contributed by atoms with E-state index in [0.29, 0.717) is 33.6 Å². The standard InChI is InChI=1S/C16H16F6N4O2S2/c1-2-25-11(27)9-10(16(20,21)22)8(7-24-6-4-23-13(24)29)30-12(9)26(14(25)28)5-3-15(17,18)19/h2-7H2,1H3,(H,23,29). The monoisotopic (exact) mass is 474 g/mol. The summed E-state index contributed by atoms with van der Waals surface area (Å²) in [4.78, 5) is 26.0. The highest BCUT2D eigenvalue weighted by Crippen LogP contribution is 2.41. The summed E-state index contributed by atoms with van der Waals surface area (Å²) in [6, 6.07) is 0. The SMILES string of the molecule is CCn1c(=O)c2c(C(F)(F)F)c(CN3CCNC3=S)sc2n(CCC(F)(F)F)c1=O. The number of aryl methyl sites for hydroxylation is 1. The number of halogens is 6. The Kier molecular flexibility index (Phi) is 5.93. The Bertz CT molecular complexity index is 1100. The second kappa shape index (κ2) is 7.87. The van der Waals surface area contributed by atoms with E-state index in [9.17, 15) is 35.9 Å². The van der Waals surface area contributed by atoms with Gasteiger partial charge >= 0.3 is 18.0 Å². The molecule has 1 fully saturated rings. The molecule has 166 valence electrons. The first-order valence-corrected chi connectivity index (χ1v) is 10.0. The number of rotatable bonds is 5. The van der Waals surface area contributed by atoms with E-state index in [2.05, 4.69) is 5.32 Å². The molecule has 0 radical (unpaired) electrons. The molecule has 0 spiro atoms. The predicted octanol–water partition coefficient (Wildman–Crippen LogP) is 2.91. The third-order valence-corrected chi connectivity index (χ3v) is 6.23. The Labute approximate surface area is 174 Å². The van der Waals surface area contributed by atoms with E-state index in [0.717, 1.165) is 0 Å². The highest BCUT2D eigenvalue weighted by Gasteiger charge is 2.40. The zero-order valence-electron chi connectivity index (χ0n) is 15.5. The molecule has 2 aromatic rings. The van der Waals surface area contributed by atoms with Gasteiger partial charge in [-0.15, -0.1) is 11.3 Å². The molecule has 3 rings (SSSR count). The second-order valence-electron chi connectivity index (χ2n) is 6.58. The third kappa shape index (κ3) is 4.19. The molecule has 0 aliphatic carbocycles. The molecule has 3 heterocycles. The molecular weight excluding hydrogens is 458 g/mol. The maximum Gasteiger partial charge on any atom is 0.418 e. The van der Waals surface area contributed by atoms with Crippen LogP contribution in [0.4, 0.5) is 26.3 Å². The summed E-state index contributed by atoms with van der Waals surface area (Å²) in [7, 11) is 0. The van der Waals surface area contributed by atoms with Gasteiger partial charge in [0.2, 0.25) is 0 Å². The number of thiocarbonyl (C=S) groups is 1. The molecule has 6 nitrogen and oxygen atoms in total. The molecule has 2 aromatic heterocycles. The molecule has 14 heteroatoms. The van der Waals surface area contributed by atoms with E-state index in [1.807, 2.05) is 0 Å². The van der Waals surface area contributed by atoms with Crippen LogP contribution in [0.15, 0.2) is 9.59 Å². The second-order valence-corrected chi connectivity index (χ2v) is 8.05. The first-order chi connectivity index (χ1) is 13.8. The summed E-state index contributed by atoms with van der Waals surface area (Å²) in [5.41, 5.74) is -3.47. The molecule has 1 aliphatic heterocycles. The fraction of sp³-hybridized carbons (Fsp3) is 0.562. The summed E-state index contributed by atoms with van der Waals surface area (Å²) >= 11 is 5.54. The normalized spacial score (nSPS) is 15.3. The van der Waals surface area contributed by atoms with Gasteiger partial charge in [-0.25, -0.2) is 4.79 Å². The van der Waals surface area contributed by atoms with Gasteiger partial charge in [0, 0.05) is 31.1 Å². The van der Waals surface area contributed by atoms with Crippen molar-refractivity contribution in [3.8, 4) is 0 Å². The van der Waals surface area contributed by atoms with Crippen molar-refractivity contribution >= 4 is 38.9 Å². The third-order valence-electron chi connectivity index (χ3n) is 4.63. The molecule has 30 heavy (non-hydrogen) atoms. The van der Waals surface area contributed by atoms with Gasteiger partial charge in [-0.05, 0) is 19.1 Å². The van der Waals surface area contributed by atoms with E-state index < -0.39 is 52.3 Å². The van der Waals surface area contributed by atoms with E-state index in [1.165, 1.54) is 11.8 Å². The van der Waals surface area contributed by atoms with Gasteiger partial charge < -0.3 is 10.2 Å². The van der Waals surface area contributed by atoms with Crippen LogP contribution in [0.2, 0.25) is 0 Å². The van der Waals surface area contributed by atoms with Crippen molar-refractivity contribution in [2.24, 2.45) is 0 Å². The Morgan fingerprint density at radius 2 is 1.80 bits per heavy atom. The van der Waals surface area contributed by atoms with Crippen molar-refractivity contribution in [2.45, 2.75) is 45.3 Å². The van der Waals surface area contributed by atoms with Gasteiger partial charge in [0.25, 0.3) is 5.56 Å². The predicted molar refractivity (Wildman–Crippen MR) is 103 cm³/mol. The smallest absolute Gasteiger partial charge is 0.361 e. The Morgan fingerprint density at radius 3 is 2.30 bits per heavy atom. The molecular formula is C16H16F6N4O2S2. The number of aromatic nitrogens is 2. The number of nitrogens with one attached hydrogen (secondary N) is 1. The minimum atomic E-state index is -4.95. The Morgan fingerprint density at radius 1 is 1.13 bits per heavy atom. The molecule has 0 amide bonds. The molecule has 1 saturated heterocycles. The fourth-order valence-corrected chi connectivity index (χ4v) is 4.87. The first-order valence-electron chi connectivity index (χ1n) is 8.81. The van der Waals surface area contributed by atoms with Crippen LogP contribution < -0.4 is 16.6 Å². The quantitative estimate of drug-likeness (QED) is 0.534. The van der Waals surface area contributed by atoms with Crippen LogP contribution in [0, 0.1) is 0 Å². The van der Waals surface area contributed by atoms with Crippen molar-refractivity contribution < 1.29 is 26.3 Å². The Hall–Kier alpha value is -2.09. The van der Waals surface area contributed by atoms with Crippen molar-refractivity contribution in [3.05, 3.63) is 31.3 Å². The van der Waals surface area contributed by atoms with Crippen LogP contribution in [-0.2, 0) is 25.8 Å². The molecule has 0 atom stereocenters. The van der Waals surface area contributed by atoms with Crippen LogP contribution in [-0.4, -0.2) is 38.4 Å². The van der Waals surface area contributed by atoms with Crippen LogP contribution in [0.5, 0.6) is 0 Å². The molecule has 1 aliphatic rings. The van der Waals surface area contributed by atoms with E-state index >= 15 is 0 Å². The molecule has 0 saturated carbocycles. The average Bonchev–Trinajstić information content (AvgIpc) is 3.18. The summed E-state index contributed by atoms with van der Waals surface area (Å²) in [6.07, 6.45) is -11.0. The van der Waals surface area contributed by atoms with Crippen LogP contribution >= 0.6 is 23.6 Å². The fourth-order valence-electron chi connectivity index (χ4n) is 3.27. The topological polar surface area (TPSA) is 59.3 Å². The number of fused-ring (bicyclic) bond motifs is 1. The number of alkyl halides is 6. The van der Waals surface area contributed by atoms with Gasteiger partial charge in [0.05, 0.1) is 23.9 Å². The lowest BCUT2D eigenvalue weighted by atomic mass is 10.1. The number of hydrogen-bond acceptors (Lipinski definition) is 4. The van der Waals surface area contributed by atoms with Crippen LogP contribution in [0.1, 0.15) is 23.8 Å². The number of hydrogen-bond donors (Lipinski definition) is 1. The molecule has 0 bridgehead atoms. The van der Waals surface area contributed by atoms with Gasteiger partial charge in [-0.3, -0.25) is 13.9 Å². The van der Waals surface area contributed by atoms with Crippen molar-refractivity contribution in [2.75, 3.05) is 13.1 Å². The molecule has 0 unspecified atom stereocenters. The summed E-state index contributed by atoms with van der Waals surface area (Å²) in [6.45, 7) is 0.688. The maximum absolute atomic E-state index is 13.9. The zero-order valence-corrected chi connectivity index (χ0v) is 17.1.